The third-order valence-electron chi connectivity index (χ3n) is 4.57. The summed E-state index contributed by atoms with van der Waals surface area (Å²) in [5, 5.41) is 3.40. The van der Waals surface area contributed by atoms with E-state index in [0.717, 1.165) is 50.6 Å². The molecule has 3 nitrogen and oxygen atoms in total. The van der Waals surface area contributed by atoms with E-state index in [2.05, 4.69) is 5.32 Å². The van der Waals surface area contributed by atoms with Crippen LogP contribution < -0.4 is 5.32 Å². The molecule has 0 aromatic heterocycles. The van der Waals surface area contributed by atoms with Crippen molar-refractivity contribution in [2.75, 3.05) is 13.1 Å². The molecule has 1 N–H and O–H groups in total. The average Bonchev–Trinajstić information content (AvgIpc) is 2.91. The maximum Gasteiger partial charge on any atom is 0.309 e. The second-order valence-electron chi connectivity index (χ2n) is 5.69. The minimum absolute atomic E-state index is 0.0984. The molecule has 3 heteroatoms. The Morgan fingerprint density at radius 3 is 2.31 bits per heavy atom. The van der Waals surface area contributed by atoms with Crippen LogP contribution in [0.25, 0.3) is 0 Å². The Morgan fingerprint density at radius 1 is 1.06 bits per heavy atom. The molecule has 3 aliphatic rings. The first-order valence-electron chi connectivity index (χ1n) is 6.74. The number of hydrogen-bond donors (Lipinski definition) is 1. The van der Waals surface area contributed by atoms with Crippen LogP contribution >= 0.6 is 0 Å². The number of carbonyl (C=O) groups is 1. The molecular weight excluding hydrogens is 202 g/mol. The highest BCUT2D eigenvalue weighted by Gasteiger charge is 2.41. The Morgan fingerprint density at radius 2 is 1.69 bits per heavy atom. The normalized spacial score (nSPS) is 38.9. The molecule has 0 bridgehead atoms. The van der Waals surface area contributed by atoms with E-state index in [1.807, 2.05) is 0 Å². The van der Waals surface area contributed by atoms with Gasteiger partial charge in [0.25, 0.3) is 0 Å². The minimum Gasteiger partial charge on any atom is -0.462 e. The van der Waals surface area contributed by atoms with Gasteiger partial charge in [0.05, 0.1) is 5.92 Å². The van der Waals surface area contributed by atoms with Crippen molar-refractivity contribution < 1.29 is 9.53 Å². The Bertz CT molecular complexity index is 261. The Kier molecular flexibility index (Phi) is 2.88. The lowest BCUT2D eigenvalue weighted by Crippen LogP contribution is -2.23. The third-order valence-corrected chi connectivity index (χ3v) is 4.57. The summed E-state index contributed by atoms with van der Waals surface area (Å²) in [6.07, 6.45) is 7.01. The van der Waals surface area contributed by atoms with Crippen molar-refractivity contribution in [2.24, 2.45) is 17.8 Å². The molecule has 0 radical (unpaired) electrons. The summed E-state index contributed by atoms with van der Waals surface area (Å²) in [5.41, 5.74) is 0. The van der Waals surface area contributed by atoms with Crippen LogP contribution in [0.2, 0.25) is 0 Å². The molecule has 90 valence electrons. The highest BCUT2D eigenvalue weighted by Crippen LogP contribution is 2.39. The highest BCUT2D eigenvalue weighted by molar-refractivity contribution is 5.73. The number of hydrogen-bond acceptors (Lipinski definition) is 3. The third kappa shape index (κ3) is 1.97. The predicted octanol–water partition coefficient (Wildman–Crippen LogP) is 1.72. The van der Waals surface area contributed by atoms with E-state index in [4.69, 9.17) is 4.74 Å². The molecule has 0 aromatic rings. The largest absolute Gasteiger partial charge is 0.462 e. The zero-order chi connectivity index (χ0) is 11.0. The fourth-order valence-corrected chi connectivity index (χ4v) is 3.63. The quantitative estimate of drug-likeness (QED) is 0.724. The first-order chi connectivity index (χ1) is 7.83. The van der Waals surface area contributed by atoms with E-state index in [1.165, 1.54) is 12.8 Å². The molecular formula is C13H21NO2. The number of nitrogens with one attached hydrogen (secondary N) is 1. The lowest BCUT2D eigenvalue weighted by molar-refractivity contribution is -0.153. The fraction of sp³-hybridized carbons (Fsp3) is 0.923. The SMILES string of the molecule is O=C(OC1CCCC1)C1CC2CNCC2C1. The second-order valence-corrected chi connectivity index (χ2v) is 5.69. The lowest BCUT2D eigenvalue weighted by Gasteiger charge is -2.15. The number of rotatable bonds is 2. The molecule has 1 heterocycles. The first-order valence-corrected chi connectivity index (χ1v) is 6.74. The number of esters is 1. The molecule has 1 aliphatic heterocycles. The molecule has 1 saturated heterocycles. The van der Waals surface area contributed by atoms with Crippen molar-refractivity contribution >= 4 is 5.97 Å². The molecule has 3 fully saturated rings. The molecule has 2 saturated carbocycles. The molecule has 0 aromatic carbocycles. The summed E-state index contributed by atoms with van der Waals surface area (Å²) < 4.78 is 5.60. The summed E-state index contributed by atoms with van der Waals surface area (Å²) >= 11 is 0. The van der Waals surface area contributed by atoms with Gasteiger partial charge in [0, 0.05) is 0 Å². The van der Waals surface area contributed by atoms with Gasteiger partial charge in [0.2, 0.25) is 0 Å². The van der Waals surface area contributed by atoms with Crippen molar-refractivity contribution in [1.29, 1.82) is 0 Å². The molecule has 3 rings (SSSR count). The lowest BCUT2D eigenvalue weighted by atomic mass is 10.0. The summed E-state index contributed by atoms with van der Waals surface area (Å²) in [6.45, 7) is 2.22. The van der Waals surface area contributed by atoms with Crippen molar-refractivity contribution in [3.05, 3.63) is 0 Å². The van der Waals surface area contributed by atoms with Crippen LogP contribution in [0.5, 0.6) is 0 Å². The maximum atomic E-state index is 12.0. The van der Waals surface area contributed by atoms with E-state index in [-0.39, 0.29) is 18.0 Å². The van der Waals surface area contributed by atoms with Crippen LogP contribution in [0.1, 0.15) is 38.5 Å². The molecule has 0 spiro atoms. The van der Waals surface area contributed by atoms with Gasteiger partial charge in [-0.1, -0.05) is 0 Å². The minimum atomic E-state index is 0.0984. The smallest absolute Gasteiger partial charge is 0.309 e. The summed E-state index contributed by atoms with van der Waals surface area (Å²) in [4.78, 5) is 12.0. The van der Waals surface area contributed by atoms with Crippen LogP contribution in [0.3, 0.4) is 0 Å². The van der Waals surface area contributed by atoms with Crippen molar-refractivity contribution in [2.45, 2.75) is 44.6 Å². The van der Waals surface area contributed by atoms with E-state index in [0.29, 0.717) is 0 Å². The van der Waals surface area contributed by atoms with Crippen LogP contribution in [0.15, 0.2) is 0 Å². The van der Waals surface area contributed by atoms with Gasteiger partial charge in [0.1, 0.15) is 6.10 Å². The van der Waals surface area contributed by atoms with Crippen molar-refractivity contribution in [3.63, 3.8) is 0 Å². The number of fused-ring (bicyclic) bond motifs is 1. The fourth-order valence-electron chi connectivity index (χ4n) is 3.63. The van der Waals surface area contributed by atoms with Gasteiger partial charge in [-0.05, 0) is 63.5 Å². The number of ether oxygens (including phenoxy) is 1. The first kappa shape index (κ1) is 10.6. The topological polar surface area (TPSA) is 38.3 Å². The van der Waals surface area contributed by atoms with E-state index in [9.17, 15) is 4.79 Å². The van der Waals surface area contributed by atoms with E-state index in [1.54, 1.807) is 0 Å². The Balaban J connectivity index is 1.51. The second kappa shape index (κ2) is 4.36. The standard InChI is InChI=1S/C13H21NO2/c15-13(16-12-3-1-2-4-12)9-5-10-7-14-8-11(10)6-9/h9-12,14H,1-8H2. The van der Waals surface area contributed by atoms with Gasteiger partial charge >= 0.3 is 5.97 Å². The molecule has 16 heavy (non-hydrogen) atoms. The number of carbonyl (C=O) groups excluding carboxylic acids is 1. The van der Waals surface area contributed by atoms with Gasteiger partial charge < -0.3 is 10.1 Å². The van der Waals surface area contributed by atoms with Crippen molar-refractivity contribution in [3.8, 4) is 0 Å². The van der Waals surface area contributed by atoms with Gasteiger partial charge in [-0.3, -0.25) is 4.79 Å². The van der Waals surface area contributed by atoms with Gasteiger partial charge in [-0.25, -0.2) is 0 Å². The summed E-state index contributed by atoms with van der Waals surface area (Å²) in [5.74, 6) is 1.78. The zero-order valence-corrected chi connectivity index (χ0v) is 9.78. The van der Waals surface area contributed by atoms with Gasteiger partial charge in [-0.15, -0.1) is 0 Å². The van der Waals surface area contributed by atoms with Crippen molar-refractivity contribution in [1.82, 2.24) is 5.32 Å². The predicted molar refractivity (Wildman–Crippen MR) is 60.9 cm³/mol. The summed E-state index contributed by atoms with van der Waals surface area (Å²) in [6, 6.07) is 0. The van der Waals surface area contributed by atoms with Gasteiger partial charge in [0.15, 0.2) is 0 Å². The Hall–Kier alpha value is -0.570. The Labute approximate surface area is 96.9 Å². The van der Waals surface area contributed by atoms with Crippen LogP contribution in [-0.4, -0.2) is 25.2 Å². The summed E-state index contributed by atoms with van der Waals surface area (Å²) in [7, 11) is 0. The van der Waals surface area contributed by atoms with E-state index < -0.39 is 0 Å². The molecule has 2 aliphatic carbocycles. The van der Waals surface area contributed by atoms with Crippen LogP contribution in [0.4, 0.5) is 0 Å². The van der Waals surface area contributed by atoms with Crippen LogP contribution in [0, 0.1) is 17.8 Å². The highest BCUT2D eigenvalue weighted by atomic mass is 16.5. The van der Waals surface area contributed by atoms with E-state index >= 15 is 0 Å². The zero-order valence-electron chi connectivity index (χ0n) is 9.78. The van der Waals surface area contributed by atoms with Crippen LogP contribution in [-0.2, 0) is 9.53 Å². The maximum absolute atomic E-state index is 12.0. The van der Waals surface area contributed by atoms with Gasteiger partial charge in [-0.2, -0.15) is 0 Å². The molecule has 0 amide bonds. The monoisotopic (exact) mass is 223 g/mol. The molecule has 2 unspecified atom stereocenters. The average molecular weight is 223 g/mol. The molecule has 2 atom stereocenters.